The van der Waals surface area contributed by atoms with Crippen molar-refractivity contribution >= 4 is 23.4 Å². The third-order valence-corrected chi connectivity index (χ3v) is 6.78. The number of piperidine rings is 1. The van der Waals surface area contributed by atoms with Gasteiger partial charge in [0.1, 0.15) is 0 Å². The maximum atomic E-state index is 13.6. The zero-order chi connectivity index (χ0) is 22.7. The van der Waals surface area contributed by atoms with Gasteiger partial charge in [-0.3, -0.25) is 19.3 Å². The lowest BCUT2D eigenvalue weighted by Crippen LogP contribution is -2.60. The number of rotatable bonds is 6. The van der Waals surface area contributed by atoms with E-state index in [0.717, 1.165) is 5.69 Å². The summed E-state index contributed by atoms with van der Waals surface area (Å²) in [7, 11) is 1.66. The van der Waals surface area contributed by atoms with Gasteiger partial charge < -0.3 is 14.5 Å². The van der Waals surface area contributed by atoms with Gasteiger partial charge in [0.05, 0.1) is 30.2 Å². The summed E-state index contributed by atoms with van der Waals surface area (Å²) in [5.74, 6) is -0.447. The van der Waals surface area contributed by atoms with Gasteiger partial charge in [0, 0.05) is 59.3 Å². The van der Waals surface area contributed by atoms with E-state index in [2.05, 4.69) is 10.3 Å². The molecule has 3 amide bonds. The predicted octanol–water partition coefficient (Wildman–Crippen LogP) is 0.182. The molecule has 32 heavy (non-hydrogen) atoms. The van der Waals surface area contributed by atoms with Gasteiger partial charge in [0.15, 0.2) is 0 Å². The second-order valence-electron chi connectivity index (χ2n) is 8.69. The fraction of sp³-hybridized carbons (Fsp3) is 0.609. The van der Waals surface area contributed by atoms with Gasteiger partial charge in [-0.2, -0.15) is 0 Å². The Labute approximate surface area is 189 Å². The molecule has 1 N–H and O–H groups in total. The Balaban J connectivity index is 1.51. The standard InChI is InChI=1S/C23H33N5O4/c1-3-20(29)26-9-11-27(12-10-26)22(30)18-15-25(13-14-32-2)16-19-21(18)24-28(23(19)31)17-7-5-4-6-8-17/h4-8,18-19,21,24H,3,9-16H2,1-2H3. The van der Waals surface area contributed by atoms with Crippen LogP contribution >= 0.6 is 0 Å². The zero-order valence-electron chi connectivity index (χ0n) is 18.9. The number of ether oxygens (including phenoxy) is 1. The third-order valence-electron chi connectivity index (χ3n) is 6.78. The number of hydrogen-bond donors (Lipinski definition) is 1. The number of anilines is 1. The molecule has 3 aliphatic rings. The Bertz CT molecular complexity index is 827. The van der Waals surface area contributed by atoms with Gasteiger partial charge >= 0.3 is 0 Å². The number of carbonyl (C=O) groups is 3. The fourth-order valence-corrected chi connectivity index (χ4v) is 4.98. The molecule has 9 heteroatoms. The highest BCUT2D eigenvalue weighted by Gasteiger charge is 2.51. The summed E-state index contributed by atoms with van der Waals surface area (Å²) in [5.41, 5.74) is 4.14. The SMILES string of the molecule is CCC(=O)N1CCN(C(=O)C2CN(CCOC)CC3C(=O)N(c4ccccc4)NC23)CC1. The number of methoxy groups -OCH3 is 1. The number of benzene rings is 1. The Morgan fingerprint density at radius 3 is 2.41 bits per heavy atom. The first kappa shape index (κ1) is 22.7. The van der Waals surface area contributed by atoms with E-state index in [4.69, 9.17) is 4.74 Å². The first-order chi connectivity index (χ1) is 15.5. The van der Waals surface area contributed by atoms with Crippen molar-refractivity contribution in [2.24, 2.45) is 11.8 Å². The molecule has 0 radical (unpaired) electrons. The van der Waals surface area contributed by atoms with Crippen LogP contribution in [0.5, 0.6) is 0 Å². The number of amides is 3. The molecule has 3 aliphatic heterocycles. The van der Waals surface area contributed by atoms with Crippen LogP contribution in [-0.2, 0) is 19.1 Å². The van der Waals surface area contributed by atoms with E-state index in [1.807, 2.05) is 47.1 Å². The van der Waals surface area contributed by atoms with Crippen LogP contribution in [0.1, 0.15) is 13.3 Å². The van der Waals surface area contributed by atoms with Crippen LogP contribution in [0.25, 0.3) is 0 Å². The Morgan fingerprint density at radius 2 is 1.75 bits per heavy atom. The highest BCUT2D eigenvalue weighted by atomic mass is 16.5. The molecule has 4 rings (SSSR count). The van der Waals surface area contributed by atoms with E-state index in [9.17, 15) is 14.4 Å². The number of hydrogen-bond acceptors (Lipinski definition) is 6. The number of piperazine rings is 1. The summed E-state index contributed by atoms with van der Waals surface area (Å²) in [5, 5.41) is 1.60. The van der Waals surface area contributed by atoms with Gasteiger partial charge in [-0.1, -0.05) is 25.1 Å². The van der Waals surface area contributed by atoms with Gasteiger partial charge in [-0.25, -0.2) is 10.4 Å². The quantitative estimate of drug-likeness (QED) is 0.675. The molecule has 3 fully saturated rings. The zero-order valence-corrected chi connectivity index (χ0v) is 18.9. The van der Waals surface area contributed by atoms with E-state index in [-0.39, 0.29) is 35.6 Å². The number of para-hydroxylation sites is 1. The van der Waals surface area contributed by atoms with Gasteiger partial charge in [-0.05, 0) is 12.1 Å². The van der Waals surface area contributed by atoms with Crippen molar-refractivity contribution in [3.8, 4) is 0 Å². The minimum atomic E-state index is -0.336. The maximum absolute atomic E-state index is 13.6. The number of hydrazine groups is 1. The first-order valence-electron chi connectivity index (χ1n) is 11.5. The van der Waals surface area contributed by atoms with E-state index in [0.29, 0.717) is 58.8 Å². The van der Waals surface area contributed by atoms with Crippen LogP contribution in [-0.4, -0.2) is 98.0 Å². The molecule has 1 aromatic carbocycles. The second kappa shape index (κ2) is 9.97. The van der Waals surface area contributed by atoms with Crippen molar-refractivity contribution in [3.63, 3.8) is 0 Å². The molecule has 174 valence electrons. The van der Waals surface area contributed by atoms with E-state index >= 15 is 0 Å². The average molecular weight is 444 g/mol. The van der Waals surface area contributed by atoms with Crippen LogP contribution in [0.4, 0.5) is 5.69 Å². The predicted molar refractivity (Wildman–Crippen MR) is 120 cm³/mol. The second-order valence-corrected chi connectivity index (χ2v) is 8.69. The topological polar surface area (TPSA) is 85.4 Å². The van der Waals surface area contributed by atoms with Crippen molar-refractivity contribution < 1.29 is 19.1 Å². The van der Waals surface area contributed by atoms with Crippen LogP contribution < -0.4 is 10.4 Å². The van der Waals surface area contributed by atoms with Crippen LogP contribution in [0.15, 0.2) is 30.3 Å². The van der Waals surface area contributed by atoms with E-state index in [1.54, 1.807) is 12.1 Å². The molecule has 0 bridgehead atoms. The number of likely N-dealkylation sites (tertiary alicyclic amines) is 1. The van der Waals surface area contributed by atoms with Crippen molar-refractivity contribution in [1.29, 1.82) is 0 Å². The van der Waals surface area contributed by atoms with E-state index < -0.39 is 0 Å². The fourth-order valence-electron chi connectivity index (χ4n) is 4.98. The normalized spacial score (nSPS) is 26.4. The lowest BCUT2D eigenvalue weighted by atomic mass is 9.83. The summed E-state index contributed by atoms with van der Waals surface area (Å²) in [4.78, 5) is 44.7. The number of fused-ring (bicyclic) bond motifs is 1. The molecular formula is C23H33N5O4. The average Bonchev–Trinajstić information content (AvgIpc) is 3.18. The molecule has 9 nitrogen and oxygen atoms in total. The lowest BCUT2D eigenvalue weighted by Gasteiger charge is -2.42. The minimum Gasteiger partial charge on any atom is -0.383 e. The molecule has 3 unspecified atom stereocenters. The molecule has 3 heterocycles. The smallest absolute Gasteiger partial charge is 0.247 e. The lowest BCUT2D eigenvalue weighted by molar-refractivity contribution is -0.145. The number of nitrogens with zero attached hydrogens (tertiary/aromatic N) is 4. The highest BCUT2D eigenvalue weighted by Crippen LogP contribution is 2.32. The Morgan fingerprint density at radius 1 is 1.06 bits per heavy atom. The summed E-state index contributed by atoms with van der Waals surface area (Å²) in [6.45, 7) is 6.48. The molecule has 3 atom stereocenters. The monoisotopic (exact) mass is 443 g/mol. The van der Waals surface area contributed by atoms with Crippen LogP contribution in [0, 0.1) is 11.8 Å². The molecule has 0 saturated carbocycles. The molecular weight excluding hydrogens is 410 g/mol. The molecule has 0 aliphatic carbocycles. The molecule has 0 spiro atoms. The summed E-state index contributed by atoms with van der Waals surface area (Å²) in [6, 6.07) is 9.26. The summed E-state index contributed by atoms with van der Waals surface area (Å²) < 4.78 is 5.24. The molecule has 0 aromatic heterocycles. The van der Waals surface area contributed by atoms with Crippen molar-refractivity contribution in [2.45, 2.75) is 19.4 Å². The van der Waals surface area contributed by atoms with Crippen molar-refractivity contribution in [2.75, 3.05) is 64.5 Å². The Hall–Kier alpha value is -2.49. The van der Waals surface area contributed by atoms with Gasteiger partial charge in [0.25, 0.3) is 0 Å². The minimum absolute atomic E-state index is 0.000483. The summed E-state index contributed by atoms with van der Waals surface area (Å²) in [6.07, 6.45) is 0.482. The van der Waals surface area contributed by atoms with E-state index in [1.165, 1.54) is 0 Å². The maximum Gasteiger partial charge on any atom is 0.247 e. The molecule has 3 saturated heterocycles. The van der Waals surface area contributed by atoms with Gasteiger partial charge in [0.2, 0.25) is 17.7 Å². The Kier molecular flexibility index (Phi) is 7.07. The van der Waals surface area contributed by atoms with Crippen LogP contribution in [0.2, 0.25) is 0 Å². The van der Waals surface area contributed by atoms with Crippen molar-refractivity contribution in [1.82, 2.24) is 20.1 Å². The number of nitrogens with one attached hydrogen (secondary N) is 1. The number of carbonyl (C=O) groups excluding carboxylic acids is 3. The highest BCUT2D eigenvalue weighted by molar-refractivity contribution is 5.98. The van der Waals surface area contributed by atoms with Gasteiger partial charge in [-0.15, -0.1) is 0 Å². The summed E-state index contributed by atoms with van der Waals surface area (Å²) >= 11 is 0. The molecule has 1 aromatic rings. The largest absolute Gasteiger partial charge is 0.383 e. The first-order valence-corrected chi connectivity index (χ1v) is 11.5. The third kappa shape index (κ3) is 4.51. The van der Waals surface area contributed by atoms with Crippen LogP contribution in [0.3, 0.4) is 0 Å². The van der Waals surface area contributed by atoms with Crippen molar-refractivity contribution in [3.05, 3.63) is 30.3 Å².